The molecule has 100 valence electrons. The number of aromatic nitrogens is 2. The smallest absolute Gasteiger partial charge is 0.328 e. The second-order valence-electron chi connectivity index (χ2n) is 3.50. The van der Waals surface area contributed by atoms with Gasteiger partial charge in [0.1, 0.15) is 6.61 Å². The molecule has 2 N–H and O–H groups in total. The van der Waals surface area contributed by atoms with Gasteiger partial charge in [-0.2, -0.15) is 0 Å². The third-order valence-electron chi connectivity index (χ3n) is 2.32. The highest BCUT2D eigenvalue weighted by molar-refractivity contribution is 5.43. The van der Waals surface area contributed by atoms with Gasteiger partial charge in [0.25, 0.3) is 5.56 Å². The molecule has 1 aromatic heterocycles. The molecule has 0 spiro atoms. The normalized spacial score (nSPS) is 12.1. The van der Waals surface area contributed by atoms with Crippen LogP contribution in [0.25, 0.3) is 0 Å². The van der Waals surface area contributed by atoms with E-state index >= 15 is 0 Å². The van der Waals surface area contributed by atoms with Gasteiger partial charge < -0.3 is 9.30 Å². The first-order valence-electron chi connectivity index (χ1n) is 5.31. The molecule has 18 heavy (non-hydrogen) atoms. The molecule has 0 fully saturated rings. The fourth-order valence-electron chi connectivity index (χ4n) is 1.35. The van der Waals surface area contributed by atoms with Gasteiger partial charge in [0.05, 0.1) is 6.10 Å². The number of amides is 1. The van der Waals surface area contributed by atoms with Gasteiger partial charge in [-0.25, -0.2) is 10.3 Å². The number of aromatic amines is 1. The number of ether oxygens (including phenoxy) is 1. The van der Waals surface area contributed by atoms with E-state index in [1.54, 1.807) is 0 Å². The molecule has 8 nitrogen and oxygen atoms in total. The van der Waals surface area contributed by atoms with Crippen LogP contribution in [0.15, 0.2) is 21.9 Å². The molecule has 1 amide bonds. The molecule has 0 radical (unpaired) electrons. The molecule has 0 aliphatic heterocycles. The first kappa shape index (κ1) is 14.1. The zero-order valence-electron chi connectivity index (χ0n) is 9.92. The van der Waals surface area contributed by atoms with Gasteiger partial charge in [-0.05, 0) is 6.42 Å². The largest absolute Gasteiger partial charge is 0.379 e. The Morgan fingerprint density at radius 2 is 2.33 bits per heavy atom. The molecular weight excluding hydrogens is 242 g/mol. The van der Waals surface area contributed by atoms with Crippen molar-refractivity contribution in [1.29, 1.82) is 0 Å². The lowest BCUT2D eigenvalue weighted by Crippen LogP contribution is -2.31. The van der Waals surface area contributed by atoms with Crippen LogP contribution in [0.5, 0.6) is 0 Å². The molecule has 1 aromatic rings. The maximum Gasteiger partial charge on any atom is 0.328 e. The second kappa shape index (κ2) is 7.41. The van der Waals surface area contributed by atoms with Crippen LogP contribution in [-0.4, -0.2) is 35.8 Å². The zero-order valence-corrected chi connectivity index (χ0v) is 9.92. The van der Waals surface area contributed by atoms with Crippen LogP contribution in [0.2, 0.25) is 0 Å². The van der Waals surface area contributed by atoms with E-state index in [0.29, 0.717) is 19.4 Å². The molecule has 0 aromatic carbocycles. The molecule has 8 heteroatoms. The van der Waals surface area contributed by atoms with Crippen LogP contribution in [-0.2, 0) is 20.9 Å². The Morgan fingerprint density at radius 1 is 1.56 bits per heavy atom. The van der Waals surface area contributed by atoms with E-state index in [0.717, 1.165) is 0 Å². The minimum Gasteiger partial charge on any atom is -0.379 e. The quantitative estimate of drug-likeness (QED) is 0.339. The number of H-pyrrole nitrogens is 1. The number of carbonyl (C=O) groups is 1. The number of hydrogen-bond acceptors (Lipinski definition) is 5. The van der Waals surface area contributed by atoms with Crippen LogP contribution < -0.4 is 16.7 Å². The summed E-state index contributed by atoms with van der Waals surface area (Å²) in [6.07, 6.45) is 2.07. The summed E-state index contributed by atoms with van der Waals surface area (Å²) in [5.41, 5.74) is 1.15. The fraction of sp³-hybridized carbons (Fsp3) is 0.500. The lowest BCUT2D eigenvalue weighted by Gasteiger charge is -2.15. The van der Waals surface area contributed by atoms with Gasteiger partial charge in [-0.1, -0.05) is 0 Å². The standard InChI is InChI=1S/C10H15N3O5/c1-17-8(6-18-11-7-14)2-4-13-5-3-9(15)12-10(13)16/h3,5,7-8H,2,4,6H2,1H3,(H,11,14)(H,12,15,16). The summed E-state index contributed by atoms with van der Waals surface area (Å²) in [6.45, 7) is 0.548. The highest BCUT2D eigenvalue weighted by atomic mass is 16.7. The van der Waals surface area contributed by atoms with E-state index in [9.17, 15) is 14.4 Å². The van der Waals surface area contributed by atoms with Crippen LogP contribution >= 0.6 is 0 Å². The molecule has 0 bridgehead atoms. The number of carbonyl (C=O) groups excluding carboxylic acids is 1. The number of rotatable bonds is 8. The van der Waals surface area contributed by atoms with E-state index in [1.165, 1.54) is 23.9 Å². The van der Waals surface area contributed by atoms with Gasteiger partial charge in [0, 0.05) is 25.9 Å². The Kier molecular flexibility index (Phi) is 5.81. The van der Waals surface area contributed by atoms with Crippen molar-refractivity contribution < 1.29 is 14.4 Å². The number of hydroxylamine groups is 1. The molecule has 0 saturated carbocycles. The lowest BCUT2D eigenvalue weighted by molar-refractivity contribution is -0.124. The van der Waals surface area contributed by atoms with Crippen molar-refractivity contribution in [2.75, 3.05) is 13.7 Å². The number of methoxy groups -OCH3 is 1. The third kappa shape index (κ3) is 4.52. The Labute approximate surface area is 102 Å². The summed E-state index contributed by atoms with van der Waals surface area (Å²) in [6, 6.07) is 1.27. The van der Waals surface area contributed by atoms with Crippen molar-refractivity contribution in [3.05, 3.63) is 33.1 Å². The predicted octanol–water partition coefficient (Wildman–Crippen LogP) is -1.38. The summed E-state index contributed by atoms with van der Waals surface area (Å²) in [5, 5.41) is 0. The average Bonchev–Trinajstić information content (AvgIpc) is 2.35. The molecular formula is C10H15N3O5. The van der Waals surface area contributed by atoms with Crippen molar-refractivity contribution in [3.63, 3.8) is 0 Å². The van der Waals surface area contributed by atoms with Gasteiger partial charge in [-0.15, -0.1) is 0 Å². The predicted molar refractivity (Wildman–Crippen MR) is 61.9 cm³/mol. The Morgan fingerprint density at radius 3 is 2.94 bits per heavy atom. The third-order valence-corrected chi connectivity index (χ3v) is 2.32. The van der Waals surface area contributed by atoms with Gasteiger partial charge in [0.2, 0.25) is 6.41 Å². The van der Waals surface area contributed by atoms with Crippen LogP contribution in [0, 0.1) is 0 Å². The van der Waals surface area contributed by atoms with Crippen LogP contribution in [0.3, 0.4) is 0 Å². The summed E-state index contributed by atoms with van der Waals surface area (Å²) >= 11 is 0. The van der Waals surface area contributed by atoms with Gasteiger partial charge in [0.15, 0.2) is 0 Å². The van der Waals surface area contributed by atoms with E-state index in [2.05, 4.69) is 10.5 Å². The highest BCUT2D eigenvalue weighted by Gasteiger charge is 2.08. The summed E-state index contributed by atoms with van der Waals surface area (Å²) in [7, 11) is 1.50. The van der Waals surface area contributed by atoms with Crippen molar-refractivity contribution in [1.82, 2.24) is 15.0 Å². The molecule has 1 heterocycles. The van der Waals surface area contributed by atoms with Gasteiger partial charge >= 0.3 is 5.69 Å². The van der Waals surface area contributed by atoms with Crippen LogP contribution in [0.4, 0.5) is 0 Å². The Balaban J connectivity index is 2.49. The maximum atomic E-state index is 11.4. The van der Waals surface area contributed by atoms with E-state index in [4.69, 9.17) is 9.57 Å². The van der Waals surface area contributed by atoms with Crippen molar-refractivity contribution in [2.45, 2.75) is 19.1 Å². The molecule has 0 aliphatic rings. The minimum atomic E-state index is -0.468. The van der Waals surface area contributed by atoms with Gasteiger partial charge in [-0.3, -0.25) is 19.4 Å². The Hall–Kier alpha value is -1.93. The molecule has 0 saturated heterocycles. The van der Waals surface area contributed by atoms with Crippen molar-refractivity contribution >= 4 is 6.41 Å². The average molecular weight is 257 g/mol. The molecule has 1 atom stereocenters. The number of aryl methyl sites for hydroxylation is 1. The molecule has 1 unspecified atom stereocenters. The van der Waals surface area contributed by atoms with Crippen LogP contribution in [0.1, 0.15) is 6.42 Å². The van der Waals surface area contributed by atoms with Crippen molar-refractivity contribution in [2.24, 2.45) is 0 Å². The van der Waals surface area contributed by atoms with E-state index in [1.807, 2.05) is 0 Å². The number of nitrogens with zero attached hydrogens (tertiary/aromatic N) is 1. The first-order chi connectivity index (χ1) is 8.67. The molecule has 0 aliphatic carbocycles. The SMILES string of the molecule is COC(CCn1ccc(=O)[nH]c1=O)CONC=O. The number of nitrogens with one attached hydrogen (secondary N) is 2. The summed E-state index contributed by atoms with van der Waals surface area (Å²) < 4.78 is 6.48. The Bertz CT molecular complexity index is 481. The first-order valence-corrected chi connectivity index (χ1v) is 5.31. The van der Waals surface area contributed by atoms with E-state index < -0.39 is 11.2 Å². The maximum absolute atomic E-state index is 11.4. The fourth-order valence-corrected chi connectivity index (χ4v) is 1.35. The number of hydrogen-bond donors (Lipinski definition) is 2. The topological polar surface area (TPSA) is 102 Å². The van der Waals surface area contributed by atoms with Crippen molar-refractivity contribution in [3.8, 4) is 0 Å². The summed E-state index contributed by atoms with van der Waals surface area (Å²) in [5.74, 6) is 0. The highest BCUT2D eigenvalue weighted by Crippen LogP contribution is 1.99. The lowest BCUT2D eigenvalue weighted by atomic mass is 10.2. The zero-order chi connectivity index (χ0) is 13.4. The molecule has 1 rings (SSSR count). The second-order valence-corrected chi connectivity index (χ2v) is 3.50. The van der Waals surface area contributed by atoms with E-state index in [-0.39, 0.29) is 12.7 Å². The minimum absolute atomic E-state index is 0.174. The monoisotopic (exact) mass is 257 g/mol. The summed E-state index contributed by atoms with van der Waals surface area (Å²) in [4.78, 5) is 39.1.